The molecule has 0 fully saturated rings. The van der Waals surface area contributed by atoms with E-state index in [9.17, 15) is 0 Å². The van der Waals surface area contributed by atoms with Crippen LogP contribution in [0, 0.1) is 0 Å². The van der Waals surface area contributed by atoms with Gasteiger partial charge in [0.25, 0.3) is 0 Å². The predicted molar refractivity (Wildman–Crippen MR) is 79.1 cm³/mol. The van der Waals surface area contributed by atoms with Gasteiger partial charge in [-0.2, -0.15) is 0 Å². The lowest BCUT2D eigenvalue weighted by molar-refractivity contribution is 0.101. The van der Waals surface area contributed by atoms with E-state index >= 15 is 0 Å². The molecule has 0 unspecified atom stereocenters. The van der Waals surface area contributed by atoms with Crippen LogP contribution in [-0.2, 0) is 17.9 Å². The summed E-state index contributed by atoms with van der Waals surface area (Å²) in [4.78, 5) is 0. The molecule has 0 aliphatic heterocycles. The normalized spacial score (nSPS) is 11.1. The van der Waals surface area contributed by atoms with Gasteiger partial charge in [-0.1, -0.05) is 46.0 Å². The maximum absolute atomic E-state index is 5.66. The van der Waals surface area contributed by atoms with E-state index in [1.54, 1.807) is 0 Å². The Morgan fingerprint density at radius 2 is 1.74 bits per heavy atom. The lowest BCUT2D eigenvalue weighted by Gasteiger charge is -2.03. The van der Waals surface area contributed by atoms with Gasteiger partial charge in [0.05, 0.1) is 6.54 Å². The van der Waals surface area contributed by atoms with Crippen LogP contribution in [-0.4, -0.2) is 13.2 Å². The number of nitrogens with one attached hydrogen (secondary N) is 1. The zero-order valence-corrected chi connectivity index (χ0v) is 12.5. The molecule has 0 aliphatic carbocycles. The lowest BCUT2D eigenvalue weighted by Crippen LogP contribution is -2.10. The topological polar surface area (TPSA) is 34.4 Å². The van der Waals surface area contributed by atoms with Gasteiger partial charge in [0.2, 0.25) is 0 Å². The summed E-state index contributed by atoms with van der Waals surface area (Å²) in [5.74, 6) is 1.92. The van der Waals surface area contributed by atoms with Crippen molar-refractivity contribution in [3.63, 3.8) is 0 Å². The summed E-state index contributed by atoms with van der Waals surface area (Å²) in [6.07, 6.45) is 7.82. The highest BCUT2D eigenvalue weighted by molar-refractivity contribution is 5.06. The minimum atomic E-state index is 0.598. The summed E-state index contributed by atoms with van der Waals surface area (Å²) >= 11 is 0. The molecule has 19 heavy (non-hydrogen) atoms. The third kappa shape index (κ3) is 8.06. The largest absolute Gasteiger partial charge is 0.462 e. The summed E-state index contributed by atoms with van der Waals surface area (Å²) < 4.78 is 11.3. The molecule has 0 atom stereocenters. The van der Waals surface area contributed by atoms with Crippen LogP contribution >= 0.6 is 0 Å². The predicted octanol–water partition coefficient (Wildman–Crippen LogP) is 4.27. The second kappa shape index (κ2) is 11.1. The molecule has 110 valence electrons. The van der Waals surface area contributed by atoms with E-state index in [2.05, 4.69) is 19.2 Å². The molecule has 0 saturated carbocycles. The molecule has 0 spiro atoms. The second-order valence-electron chi connectivity index (χ2n) is 4.97. The second-order valence-corrected chi connectivity index (χ2v) is 4.97. The van der Waals surface area contributed by atoms with Crippen molar-refractivity contribution in [2.75, 3.05) is 13.2 Å². The molecule has 0 aromatic carbocycles. The van der Waals surface area contributed by atoms with Gasteiger partial charge in [0, 0.05) is 6.61 Å². The Hall–Kier alpha value is -0.800. The van der Waals surface area contributed by atoms with E-state index in [4.69, 9.17) is 9.15 Å². The quantitative estimate of drug-likeness (QED) is 0.574. The molecular formula is C16H29NO2. The van der Waals surface area contributed by atoms with Gasteiger partial charge in [-0.05, 0) is 25.1 Å². The number of rotatable bonds is 12. The first kappa shape index (κ1) is 16.3. The van der Waals surface area contributed by atoms with Crippen molar-refractivity contribution in [1.82, 2.24) is 5.32 Å². The monoisotopic (exact) mass is 267 g/mol. The fourth-order valence-corrected chi connectivity index (χ4v) is 2.00. The summed E-state index contributed by atoms with van der Waals surface area (Å²) in [5, 5.41) is 3.24. The summed E-state index contributed by atoms with van der Waals surface area (Å²) in [6.45, 7) is 7.54. The summed E-state index contributed by atoms with van der Waals surface area (Å²) in [6, 6.07) is 4.03. The van der Waals surface area contributed by atoms with E-state index < -0.39 is 0 Å². The number of ether oxygens (including phenoxy) is 1. The van der Waals surface area contributed by atoms with Crippen molar-refractivity contribution in [3.8, 4) is 0 Å². The Morgan fingerprint density at radius 3 is 2.53 bits per heavy atom. The number of hydrogen-bond donors (Lipinski definition) is 1. The van der Waals surface area contributed by atoms with E-state index in [0.29, 0.717) is 6.61 Å². The summed E-state index contributed by atoms with van der Waals surface area (Å²) in [7, 11) is 0. The first-order valence-electron chi connectivity index (χ1n) is 7.72. The Labute approximate surface area is 117 Å². The van der Waals surface area contributed by atoms with Gasteiger partial charge in [0.1, 0.15) is 18.1 Å². The minimum absolute atomic E-state index is 0.598. The zero-order chi connectivity index (χ0) is 13.8. The van der Waals surface area contributed by atoms with Gasteiger partial charge in [-0.3, -0.25) is 0 Å². The van der Waals surface area contributed by atoms with E-state index in [1.807, 2.05) is 12.1 Å². The van der Waals surface area contributed by atoms with Gasteiger partial charge in [-0.15, -0.1) is 0 Å². The minimum Gasteiger partial charge on any atom is -0.462 e. The average Bonchev–Trinajstić information content (AvgIpc) is 2.87. The van der Waals surface area contributed by atoms with E-state index in [0.717, 1.165) is 37.6 Å². The molecule has 0 radical (unpaired) electrons. The Bertz CT molecular complexity index is 309. The maximum atomic E-state index is 5.66. The number of hydrogen-bond acceptors (Lipinski definition) is 3. The van der Waals surface area contributed by atoms with Crippen LogP contribution in [0.4, 0.5) is 0 Å². The van der Waals surface area contributed by atoms with Crippen LogP contribution < -0.4 is 5.32 Å². The van der Waals surface area contributed by atoms with Crippen molar-refractivity contribution in [2.24, 2.45) is 0 Å². The highest BCUT2D eigenvalue weighted by atomic mass is 16.5. The van der Waals surface area contributed by atoms with Gasteiger partial charge >= 0.3 is 0 Å². The van der Waals surface area contributed by atoms with Gasteiger partial charge < -0.3 is 14.5 Å². The molecule has 1 heterocycles. The Kier molecular flexibility index (Phi) is 9.46. The molecule has 1 aromatic rings. The van der Waals surface area contributed by atoms with Crippen molar-refractivity contribution in [2.45, 2.75) is 65.5 Å². The highest BCUT2D eigenvalue weighted by Gasteiger charge is 2.01. The highest BCUT2D eigenvalue weighted by Crippen LogP contribution is 2.10. The molecule has 0 bridgehead atoms. The molecule has 1 rings (SSSR count). The maximum Gasteiger partial charge on any atom is 0.129 e. The smallest absolute Gasteiger partial charge is 0.129 e. The van der Waals surface area contributed by atoms with E-state index in [1.165, 1.54) is 32.1 Å². The van der Waals surface area contributed by atoms with Crippen LogP contribution in [0.25, 0.3) is 0 Å². The van der Waals surface area contributed by atoms with Crippen molar-refractivity contribution >= 4 is 0 Å². The molecule has 0 aliphatic rings. The van der Waals surface area contributed by atoms with Crippen LogP contribution in [0.1, 0.15) is 63.9 Å². The fraction of sp³-hybridized carbons (Fsp3) is 0.750. The molecular weight excluding hydrogens is 238 g/mol. The first-order valence-corrected chi connectivity index (χ1v) is 7.72. The molecule has 1 N–H and O–H groups in total. The van der Waals surface area contributed by atoms with Crippen LogP contribution in [0.5, 0.6) is 0 Å². The Morgan fingerprint density at radius 1 is 1.00 bits per heavy atom. The number of unbranched alkanes of at least 4 members (excludes halogenated alkanes) is 5. The van der Waals surface area contributed by atoms with Crippen LogP contribution in [0.3, 0.4) is 0 Å². The van der Waals surface area contributed by atoms with E-state index in [-0.39, 0.29) is 0 Å². The van der Waals surface area contributed by atoms with Gasteiger partial charge in [0.15, 0.2) is 0 Å². The molecule has 3 nitrogen and oxygen atoms in total. The molecule has 0 saturated heterocycles. The van der Waals surface area contributed by atoms with Crippen molar-refractivity contribution < 1.29 is 9.15 Å². The zero-order valence-electron chi connectivity index (χ0n) is 12.5. The van der Waals surface area contributed by atoms with Crippen molar-refractivity contribution in [3.05, 3.63) is 23.7 Å². The third-order valence-corrected chi connectivity index (χ3v) is 3.15. The van der Waals surface area contributed by atoms with Crippen LogP contribution in [0.2, 0.25) is 0 Å². The first-order chi connectivity index (χ1) is 9.36. The van der Waals surface area contributed by atoms with Crippen molar-refractivity contribution in [1.29, 1.82) is 0 Å². The SMILES string of the molecule is CCCCCCCCOCc1ccc(CNCC)o1. The lowest BCUT2D eigenvalue weighted by atomic mass is 10.1. The molecule has 3 heteroatoms. The molecule has 1 aromatic heterocycles. The van der Waals surface area contributed by atoms with Crippen LogP contribution in [0.15, 0.2) is 16.5 Å². The third-order valence-electron chi connectivity index (χ3n) is 3.15. The average molecular weight is 267 g/mol. The number of furan rings is 1. The molecule has 0 amide bonds. The fourth-order valence-electron chi connectivity index (χ4n) is 2.00. The Balaban J connectivity index is 1.98. The van der Waals surface area contributed by atoms with Gasteiger partial charge in [-0.25, -0.2) is 0 Å². The summed E-state index contributed by atoms with van der Waals surface area (Å²) in [5.41, 5.74) is 0. The standard InChI is InChI=1S/C16H29NO2/c1-3-5-6-7-8-9-12-18-14-16-11-10-15(19-16)13-17-4-2/h10-11,17H,3-9,12-14H2,1-2H3.